The van der Waals surface area contributed by atoms with Crippen molar-refractivity contribution in [3.8, 4) is 0 Å². The zero-order chi connectivity index (χ0) is 17.8. The standard InChI is InChI=1S/C21H17NO3/c1-2-17(16-12-11-14-7-3-4-8-15(14)13-16)20(23)22-19-10-6-5-9-18(19)21(24)25/h2-13H,1H3,(H,22,23)(H,24,25). The third kappa shape index (κ3) is 3.43. The van der Waals surface area contributed by atoms with E-state index in [1.54, 1.807) is 31.2 Å². The van der Waals surface area contributed by atoms with Gasteiger partial charge in [-0.1, -0.05) is 54.6 Å². The van der Waals surface area contributed by atoms with Crippen molar-refractivity contribution in [2.45, 2.75) is 6.92 Å². The van der Waals surface area contributed by atoms with Crippen molar-refractivity contribution in [3.63, 3.8) is 0 Å². The summed E-state index contributed by atoms with van der Waals surface area (Å²) in [5, 5.41) is 14.1. The van der Waals surface area contributed by atoms with Gasteiger partial charge >= 0.3 is 5.97 Å². The summed E-state index contributed by atoms with van der Waals surface area (Å²) in [6.45, 7) is 1.78. The van der Waals surface area contributed by atoms with Crippen LogP contribution >= 0.6 is 0 Å². The minimum absolute atomic E-state index is 0.0600. The van der Waals surface area contributed by atoms with Crippen LogP contribution in [0, 0.1) is 0 Å². The molecule has 0 bridgehead atoms. The van der Waals surface area contributed by atoms with Gasteiger partial charge in [0.2, 0.25) is 0 Å². The smallest absolute Gasteiger partial charge is 0.337 e. The van der Waals surface area contributed by atoms with Crippen molar-refractivity contribution >= 4 is 33.9 Å². The summed E-state index contributed by atoms with van der Waals surface area (Å²) in [7, 11) is 0. The number of anilines is 1. The minimum Gasteiger partial charge on any atom is -0.478 e. The summed E-state index contributed by atoms with van der Waals surface area (Å²) in [4.78, 5) is 24.0. The van der Waals surface area contributed by atoms with E-state index < -0.39 is 5.97 Å². The van der Waals surface area contributed by atoms with Crippen LogP contribution in [0.2, 0.25) is 0 Å². The molecule has 0 atom stereocenters. The highest BCUT2D eigenvalue weighted by atomic mass is 16.4. The van der Waals surface area contributed by atoms with Crippen molar-refractivity contribution in [1.29, 1.82) is 0 Å². The first-order valence-electron chi connectivity index (χ1n) is 7.89. The summed E-state index contributed by atoms with van der Waals surface area (Å²) in [5.74, 6) is -1.42. The summed E-state index contributed by atoms with van der Waals surface area (Å²) in [6, 6.07) is 20.1. The zero-order valence-corrected chi connectivity index (χ0v) is 13.7. The van der Waals surface area contributed by atoms with Crippen LogP contribution in [0.3, 0.4) is 0 Å². The van der Waals surface area contributed by atoms with Gasteiger partial charge in [0.25, 0.3) is 5.91 Å². The lowest BCUT2D eigenvalue weighted by Crippen LogP contribution is -2.16. The Morgan fingerprint density at radius 1 is 0.920 bits per heavy atom. The van der Waals surface area contributed by atoms with E-state index in [9.17, 15) is 14.7 Å². The lowest BCUT2D eigenvalue weighted by atomic mass is 10.0. The van der Waals surface area contributed by atoms with Crippen LogP contribution in [0.1, 0.15) is 22.8 Å². The largest absolute Gasteiger partial charge is 0.478 e. The number of amides is 1. The van der Waals surface area contributed by atoms with E-state index in [2.05, 4.69) is 5.32 Å². The second-order valence-electron chi connectivity index (χ2n) is 5.57. The minimum atomic E-state index is -1.08. The molecule has 2 N–H and O–H groups in total. The summed E-state index contributed by atoms with van der Waals surface area (Å²) < 4.78 is 0. The van der Waals surface area contributed by atoms with E-state index >= 15 is 0 Å². The molecule has 0 saturated carbocycles. The Morgan fingerprint density at radius 3 is 2.32 bits per heavy atom. The van der Waals surface area contributed by atoms with Gasteiger partial charge in [-0.3, -0.25) is 4.79 Å². The number of rotatable bonds is 4. The molecule has 25 heavy (non-hydrogen) atoms. The first-order chi connectivity index (χ1) is 12.1. The molecule has 0 radical (unpaired) electrons. The van der Waals surface area contributed by atoms with Crippen molar-refractivity contribution in [3.05, 3.63) is 83.9 Å². The van der Waals surface area contributed by atoms with Crippen LogP contribution in [0.15, 0.2) is 72.8 Å². The summed E-state index contributed by atoms with van der Waals surface area (Å²) in [6.07, 6.45) is 1.73. The fraction of sp³-hybridized carbons (Fsp3) is 0.0476. The molecule has 1 amide bonds. The Balaban J connectivity index is 1.93. The predicted octanol–water partition coefficient (Wildman–Crippen LogP) is 4.58. The maximum Gasteiger partial charge on any atom is 0.337 e. The number of carbonyl (C=O) groups excluding carboxylic acids is 1. The third-order valence-electron chi connectivity index (χ3n) is 4.00. The molecular formula is C21H17NO3. The van der Waals surface area contributed by atoms with Crippen molar-refractivity contribution in [2.75, 3.05) is 5.32 Å². The highest BCUT2D eigenvalue weighted by molar-refractivity contribution is 6.26. The molecule has 3 aromatic carbocycles. The second kappa shape index (κ2) is 7.01. The average molecular weight is 331 g/mol. The normalized spacial score (nSPS) is 11.3. The summed E-state index contributed by atoms with van der Waals surface area (Å²) in [5.41, 5.74) is 1.61. The van der Waals surface area contributed by atoms with Gasteiger partial charge in [-0.2, -0.15) is 0 Å². The van der Waals surface area contributed by atoms with Crippen LogP contribution in [0.5, 0.6) is 0 Å². The number of para-hydroxylation sites is 1. The number of carboxylic acid groups (broad SMARTS) is 1. The first-order valence-corrected chi connectivity index (χ1v) is 7.89. The van der Waals surface area contributed by atoms with Crippen molar-refractivity contribution in [2.24, 2.45) is 0 Å². The highest BCUT2D eigenvalue weighted by Crippen LogP contribution is 2.23. The van der Waals surface area contributed by atoms with Gasteiger partial charge in [0.1, 0.15) is 0 Å². The van der Waals surface area contributed by atoms with E-state index in [1.807, 2.05) is 42.5 Å². The van der Waals surface area contributed by atoms with Crippen molar-refractivity contribution in [1.82, 2.24) is 0 Å². The molecule has 0 aromatic heterocycles. The molecular weight excluding hydrogens is 314 g/mol. The van der Waals surface area contributed by atoms with Gasteiger partial charge in [-0.15, -0.1) is 0 Å². The van der Waals surface area contributed by atoms with E-state index in [0.717, 1.165) is 16.3 Å². The van der Waals surface area contributed by atoms with E-state index in [4.69, 9.17) is 0 Å². The third-order valence-corrected chi connectivity index (χ3v) is 4.00. The molecule has 124 valence electrons. The van der Waals surface area contributed by atoms with Crippen LogP contribution in [0.4, 0.5) is 5.69 Å². The molecule has 0 saturated heterocycles. The maximum absolute atomic E-state index is 12.7. The number of nitrogens with one attached hydrogen (secondary N) is 1. The number of allylic oxidation sites excluding steroid dienone is 1. The molecule has 4 nitrogen and oxygen atoms in total. The Morgan fingerprint density at radius 2 is 1.60 bits per heavy atom. The molecule has 0 aliphatic heterocycles. The van der Waals surface area contributed by atoms with E-state index in [1.165, 1.54) is 6.07 Å². The van der Waals surface area contributed by atoms with E-state index in [0.29, 0.717) is 5.57 Å². The number of aromatic carboxylic acids is 1. The van der Waals surface area contributed by atoms with Gasteiger partial charge in [-0.25, -0.2) is 4.79 Å². The van der Waals surface area contributed by atoms with Gasteiger partial charge in [0.05, 0.1) is 11.3 Å². The SMILES string of the molecule is CC=C(C(=O)Nc1ccccc1C(=O)O)c1ccc2ccccc2c1. The number of benzene rings is 3. The molecule has 3 rings (SSSR count). The van der Waals surface area contributed by atoms with Crippen LogP contribution in [-0.4, -0.2) is 17.0 Å². The Labute approximate surface area is 145 Å². The molecule has 0 fully saturated rings. The molecule has 0 heterocycles. The fourth-order valence-corrected chi connectivity index (χ4v) is 2.75. The fourth-order valence-electron chi connectivity index (χ4n) is 2.75. The average Bonchev–Trinajstić information content (AvgIpc) is 2.62. The van der Waals surface area contributed by atoms with Crippen LogP contribution < -0.4 is 5.32 Å². The Hall–Kier alpha value is -3.40. The van der Waals surface area contributed by atoms with Crippen LogP contribution in [-0.2, 0) is 4.79 Å². The first kappa shape index (κ1) is 16.5. The molecule has 0 spiro atoms. The van der Waals surface area contributed by atoms with Gasteiger partial charge in [0.15, 0.2) is 0 Å². The predicted molar refractivity (Wildman–Crippen MR) is 99.6 cm³/mol. The number of hydrogen-bond donors (Lipinski definition) is 2. The maximum atomic E-state index is 12.7. The number of carboxylic acids is 1. The highest BCUT2D eigenvalue weighted by Gasteiger charge is 2.15. The Kier molecular flexibility index (Phi) is 4.61. The molecule has 0 unspecified atom stereocenters. The molecule has 4 heteroatoms. The zero-order valence-electron chi connectivity index (χ0n) is 13.7. The van der Waals surface area contributed by atoms with Gasteiger partial charge < -0.3 is 10.4 Å². The van der Waals surface area contributed by atoms with Crippen LogP contribution in [0.25, 0.3) is 16.3 Å². The molecule has 3 aromatic rings. The second-order valence-corrected chi connectivity index (χ2v) is 5.57. The number of carbonyl (C=O) groups is 2. The van der Waals surface area contributed by atoms with E-state index in [-0.39, 0.29) is 17.2 Å². The quantitative estimate of drug-likeness (QED) is 0.688. The van der Waals surface area contributed by atoms with Gasteiger partial charge in [-0.05, 0) is 41.5 Å². The monoisotopic (exact) mass is 331 g/mol. The lowest BCUT2D eigenvalue weighted by Gasteiger charge is -2.11. The topological polar surface area (TPSA) is 66.4 Å². The molecule has 0 aliphatic rings. The van der Waals surface area contributed by atoms with Crippen molar-refractivity contribution < 1.29 is 14.7 Å². The summed E-state index contributed by atoms with van der Waals surface area (Å²) >= 11 is 0. The number of fused-ring (bicyclic) bond motifs is 1. The number of hydrogen-bond acceptors (Lipinski definition) is 2. The van der Waals surface area contributed by atoms with Gasteiger partial charge in [0, 0.05) is 5.57 Å². The lowest BCUT2D eigenvalue weighted by molar-refractivity contribution is -0.111. The molecule has 0 aliphatic carbocycles. The Bertz CT molecular complexity index is 989.